The van der Waals surface area contributed by atoms with E-state index in [2.05, 4.69) is 55.5 Å². The molecule has 0 saturated heterocycles. The van der Waals surface area contributed by atoms with Crippen LogP contribution < -0.4 is 0 Å². The van der Waals surface area contributed by atoms with Gasteiger partial charge in [0.05, 0.1) is 0 Å². The van der Waals surface area contributed by atoms with Crippen LogP contribution in [0, 0.1) is 6.92 Å². The van der Waals surface area contributed by atoms with Crippen LogP contribution in [0.1, 0.15) is 24.5 Å². The van der Waals surface area contributed by atoms with Crippen molar-refractivity contribution < 1.29 is 0 Å². The summed E-state index contributed by atoms with van der Waals surface area (Å²) < 4.78 is 1.41. The Labute approximate surface area is 113 Å². The fourth-order valence-electron chi connectivity index (χ4n) is 2.71. The Morgan fingerprint density at radius 1 is 1.33 bits per heavy atom. The number of aryl methyl sites for hydroxylation is 1. The summed E-state index contributed by atoms with van der Waals surface area (Å²) in [5.74, 6) is 0. The zero-order chi connectivity index (χ0) is 12.7. The maximum Gasteiger partial charge on any atom is 0.0351 e. The molecule has 0 radical (unpaired) electrons. The largest absolute Gasteiger partial charge is 0.300 e. The molecule has 1 aromatic heterocycles. The minimum absolute atomic E-state index is 0.643. The second-order valence-electron chi connectivity index (χ2n) is 5.32. The SMILES string of the molecule is Cc1cccc2scc(C3=CCN(C)C(C)C3)c12. The normalized spacial score (nSPS) is 21.3. The molecule has 0 saturated carbocycles. The van der Waals surface area contributed by atoms with Crippen molar-refractivity contribution in [1.82, 2.24) is 4.90 Å². The Hall–Kier alpha value is -1.12. The molecule has 0 bridgehead atoms. The van der Waals surface area contributed by atoms with Crippen LogP contribution in [0.4, 0.5) is 0 Å². The number of hydrogen-bond acceptors (Lipinski definition) is 2. The van der Waals surface area contributed by atoms with Gasteiger partial charge in [-0.3, -0.25) is 4.90 Å². The van der Waals surface area contributed by atoms with Crippen molar-refractivity contribution >= 4 is 27.0 Å². The Balaban J connectivity index is 2.10. The number of rotatable bonds is 1. The molecule has 1 aromatic carbocycles. The number of likely N-dealkylation sites (N-methyl/N-ethyl adjacent to an activating group) is 1. The molecule has 1 nitrogen and oxygen atoms in total. The van der Waals surface area contributed by atoms with Gasteiger partial charge in [-0.25, -0.2) is 0 Å². The van der Waals surface area contributed by atoms with E-state index in [0.29, 0.717) is 6.04 Å². The third-order valence-electron chi connectivity index (χ3n) is 4.05. The van der Waals surface area contributed by atoms with Crippen molar-refractivity contribution in [3.63, 3.8) is 0 Å². The Morgan fingerprint density at radius 3 is 2.94 bits per heavy atom. The Morgan fingerprint density at radius 2 is 2.17 bits per heavy atom. The van der Waals surface area contributed by atoms with Crippen LogP contribution in [0.15, 0.2) is 29.7 Å². The predicted octanol–water partition coefficient (Wildman–Crippen LogP) is 4.32. The van der Waals surface area contributed by atoms with Crippen LogP contribution in [0.5, 0.6) is 0 Å². The van der Waals surface area contributed by atoms with Crippen LogP contribution in [-0.2, 0) is 0 Å². The van der Waals surface area contributed by atoms with E-state index in [1.807, 2.05) is 11.3 Å². The molecule has 0 aliphatic carbocycles. The minimum Gasteiger partial charge on any atom is -0.300 e. The summed E-state index contributed by atoms with van der Waals surface area (Å²) in [6.45, 7) is 5.60. The van der Waals surface area contributed by atoms with Crippen molar-refractivity contribution in [2.45, 2.75) is 26.3 Å². The van der Waals surface area contributed by atoms with E-state index in [1.54, 1.807) is 0 Å². The van der Waals surface area contributed by atoms with Crippen LogP contribution >= 0.6 is 11.3 Å². The van der Waals surface area contributed by atoms with Crippen molar-refractivity contribution in [3.05, 3.63) is 40.8 Å². The lowest BCUT2D eigenvalue weighted by Crippen LogP contribution is -2.32. The minimum atomic E-state index is 0.643. The second-order valence-corrected chi connectivity index (χ2v) is 6.23. The average molecular weight is 257 g/mol. The number of thiophene rings is 1. The van der Waals surface area contributed by atoms with Gasteiger partial charge in [-0.1, -0.05) is 18.2 Å². The molecule has 3 rings (SSSR count). The summed E-state index contributed by atoms with van der Waals surface area (Å²) in [4.78, 5) is 2.41. The molecule has 1 atom stereocenters. The van der Waals surface area contributed by atoms with E-state index in [1.165, 1.54) is 26.8 Å². The lowest BCUT2D eigenvalue weighted by Gasteiger charge is -2.29. The Bertz CT molecular complexity index is 609. The van der Waals surface area contributed by atoms with Gasteiger partial charge in [0.25, 0.3) is 0 Å². The van der Waals surface area contributed by atoms with E-state index in [-0.39, 0.29) is 0 Å². The highest BCUT2D eigenvalue weighted by Crippen LogP contribution is 2.36. The quantitative estimate of drug-likeness (QED) is 0.735. The van der Waals surface area contributed by atoms with Crippen LogP contribution in [0.25, 0.3) is 15.7 Å². The summed E-state index contributed by atoms with van der Waals surface area (Å²) in [5.41, 5.74) is 4.39. The van der Waals surface area contributed by atoms with Gasteiger partial charge in [0.15, 0.2) is 0 Å². The van der Waals surface area contributed by atoms with E-state index < -0.39 is 0 Å². The van der Waals surface area contributed by atoms with Crippen LogP contribution in [-0.4, -0.2) is 24.5 Å². The molecule has 0 fully saturated rings. The third kappa shape index (κ3) is 1.90. The fourth-order valence-corrected chi connectivity index (χ4v) is 3.77. The van der Waals surface area contributed by atoms with Crippen molar-refractivity contribution in [3.8, 4) is 0 Å². The van der Waals surface area contributed by atoms with Gasteiger partial charge in [0.2, 0.25) is 0 Å². The van der Waals surface area contributed by atoms with Crippen molar-refractivity contribution in [1.29, 1.82) is 0 Å². The first-order chi connectivity index (χ1) is 8.66. The van der Waals surface area contributed by atoms with Gasteiger partial charge in [0, 0.05) is 22.7 Å². The first kappa shape index (κ1) is 11.9. The van der Waals surface area contributed by atoms with Gasteiger partial charge < -0.3 is 0 Å². The van der Waals surface area contributed by atoms with Gasteiger partial charge in [-0.05, 0) is 55.5 Å². The molecule has 94 valence electrons. The zero-order valence-corrected chi connectivity index (χ0v) is 12.1. The summed E-state index contributed by atoms with van der Waals surface area (Å²) in [7, 11) is 2.20. The second kappa shape index (κ2) is 4.52. The molecule has 1 aliphatic heterocycles. The molecular formula is C16H19NS. The highest BCUT2D eigenvalue weighted by atomic mass is 32.1. The molecule has 0 amide bonds. The van der Waals surface area contributed by atoms with Crippen LogP contribution in [0.2, 0.25) is 0 Å². The highest BCUT2D eigenvalue weighted by Gasteiger charge is 2.19. The van der Waals surface area contributed by atoms with Crippen molar-refractivity contribution in [2.75, 3.05) is 13.6 Å². The first-order valence-corrected chi connectivity index (χ1v) is 7.41. The summed E-state index contributed by atoms with van der Waals surface area (Å²) >= 11 is 1.87. The lowest BCUT2D eigenvalue weighted by atomic mass is 9.93. The Kier molecular flexibility index (Phi) is 3.00. The average Bonchev–Trinajstić information content (AvgIpc) is 2.78. The third-order valence-corrected chi connectivity index (χ3v) is 4.99. The molecular weight excluding hydrogens is 238 g/mol. The van der Waals surface area contributed by atoms with Gasteiger partial charge in [-0.15, -0.1) is 11.3 Å². The highest BCUT2D eigenvalue weighted by molar-refractivity contribution is 7.17. The summed E-state index contributed by atoms with van der Waals surface area (Å²) in [6, 6.07) is 7.25. The number of fused-ring (bicyclic) bond motifs is 1. The van der Waals surface area contributed by atoms with Gasteiger partial charge in [-0.2, -0.15) is 0 Å². The smallest absolute Gasteiger partial charge is 0.0351 e. The van der Waals surface area contributed by atoms with Crippen molar-refractivity contribution in [2.24, 2.45) is 0 Å². The first-order valence-electron chi connectivity index (χ1n) is 6.53. The van der Waals surface area contributed by atoms with Gasteiger partial charge in [0.1, 0.15) is 0 Å². The molecule has 2 heterocycles. The maximum atomic E-state index is 2.41. The molecule has 0 N–H and O–H groups in total. The topological polar surface area (TPSA) is 3.24 Å². The van der Waals surface area contributed by atoms with Gasteiger partial charge >= 0.3 is 0 Å². The number of benzene rings is 1. The molecule has 2 aromatic rings. The predicted molar refractivity (Wildman–Crippen MR) is 81.2 cm³/mol. The lowest BCUT2D eigenvalue weighted by molar-refractivity contribution is 0.279. The van der Waals surface area contributed by atoms with E-state index >= 15 is 0 Å². The standard InChI is InChI=1S/C16H19NS/c1-11-5-4-6-15-16(11)14(10-18-15)13-7-8-17(3)12(2)9-13/h4-7,10,12H,8-9H2,1-3H3. The molecule has 2 heteroatoms. The van der Waals surface area contributed by atoms with E-state index in [4.69, 9.17) is 0 Å². The molecule has 1 unspecified atom stereocenters. The molecule has 18 heavy (non-hydrogen) atoms. The monoisotopic (exact) mass is 257 g/mol. The summed E-state index contributed by atoms with van der Waals surface area (Å²) in [6.07, 6.45) is 3.56. The fraction of sp³-hybridized carbons (Fsp3) is 0.375. The zero-order valence-electron chi connectivity index (χ0n) is 11.2. The molecule has 0 spiro atoms. The summed E-state index contributed by atoms with van der Waals surface area (Å²) in [5, 5.41) is 3.80. The maximum absolute atomic E-state index is 2.41. The number of nitrogens with zero attached hydrogens (tertiary/aromatic N) is 1. The molecule has 1 aliphatic rings. The van der Waals surface area contributed by atoms with E-state index in [9.17, 15) is 0 Å². The van der Waals surface area contributed by atoms with Crippen LogP contribution in [0.3, 0.4) is 0 Å². The number of hydrogen-bond donors (Lipinski definition) is 0. The van der Waals surface area contributed by atoms with E-state index in [0.717, 1.165) is 13.0 Å².